The number of hydrogen-bond acceptors (Lipinski definition) is 2. The Morgan fingerprint density at radius 3 is 2.89 bits per heavy atom. The van der Waals surface area contributed by atoms with E-state index >= 15 is 0 Å². The van der Waals surface area contributed by atoms with Gasteiger partial charge in [0.05, 0.1) is 11.0 Å². The third-order valence-corrected chi connectivity index (χ3v) is 5.33. The second kappa shape index (κ2) is 6.06. The van der Waals surface area contributed by atoms with Crippen molar-refractivity contribution in [2.24, 2.45) is 0 Å². The molecule has 1 fully saturated rings. The van der Waals surface area contributed by atoms with Gasteiger partial charge in [-0.05, 0) is 42.5 Å². The van der Waals surface area contributed by atoms with Crippen molar-refractivity contribution in [3.8, 4) is 0 Å². The molecule has 3 rings (SSSR count). The average Bonchev–Trinajstić information content (AvgIpc) is 2.77. The lowest BCUT2D eigenvalue weighted by Crippen LogP contribution is -2.17. The molecular weight excluding hydrogens is 344 g/mol. The second-order valence-corrected chi connectivity index (χ2v) is 7.33. The minimum absolute atomic E-state index is 0.582. The molecule has 0 N–H and O–H groups in total. The van der Waals surface area contributed by atoms with Crippen LogP contribution in [0.25, 0.3) is 11.0 Å². The first kappa shape index (κ1) is 13.8. The van der Waals surface area contributed by atoms with E-state index in [4.69, 9.17) is 16.6 Å². The largest absolute Gasteiger partial charge is 0.325 e. The van der Waals surface area contributed by atoms with Crippen LogP contribution < -0.4 is 0 Å². The Kier molecular flexibility index (Phi) is 4.40. The number of aryl methyl sites for hydroxylation is 1. The third-order valence-electron chi connectivity index (χ3n) is 3.60. The van der Waals surface area contributed by atoms with E-state index in [0.29, 0.717) is 11.9 Å². The van der Waals surface area contributed by atoms with E-state index in [9.17, 15) is 0 Å². The number of fused-ring (bicyclic) bond motifs is 1. The van der Waals surface area contributed by atoms with Crippen molar-refractivity contribution in [3.63, 3.8) is 0 Å². The van der Waals surface area contributed by atoms with E-state index in [1.165, 1.54) is 29.9 Å². The second-order valence-electron chi connectivity index (χ2n) is 4.81. The Morgan fingerprint density at radius 2 is 2.16 bits per heavy atom. The first-order valence-corrected chi connectivity index (χ1v) is 9.08. The number of alkyl halides is 1. The zero-order valence-corrected chi connectivity index (χ0v) is 13.8. The summed E-state index contributed by atoms with van der Waals surface area (Å²) in [5, 5.41) is 0. The van der Waals surface area contributed by atoms with Gasteiger partial charge in [-0.2, -0.15) is 11.8 Å². The molecule has 0 aliphatic carbocycles. The van der Waals surface area contributed by atoms with Crippen molar-refractivity contribution in [2.45, 2.75) is 25.3 Å². The van der Waals surface area contributed by atoms with Crippen LogP contribution in [0.2, 0.25) is 0 Å². The Labute approximate surface area is 131 Å². The maximum Gasteiger partial charge on any atom is 0.111 e. The van der Waals surface area contributed by atoms with E-state index < -0.39 is 0 Å². The highest BCUT2D eigenvalue weighted by molar-refractivity contribution is 9.10. The van der Waals surface area contributed by atoms with E-state index in [1.54, 1.807) is 0 Å². The number of aromatic nitrogens is 2. The van der Waals surface area contributed by atoms with Crippen LogP contribution in [0.15, 0.2) is 22.7 Å². The minimum atomic E-state index is 0.582. The van der Waals surface area contributed by atoms with Gasteiger partial charge in [0.1, 0.15) is 5.82 Å². The predicted octanol–water partition coefficient (Wildman–Crippen LogP) is 4.65. The van der Waals surface area contributed by atoms with Crippen LogP contribution >= 0.6 is 39.3 Å². The highest BCUT2D eigenvalue weighted by Crippen LogP contribution is 2.32. The van der Waals surface area contributed by atoms with Crippen molar-refractivity contribution in [2.75, 3.05) is 17.4 Å². The molecular formula is C14H16BrClN2S. The molecule has 2 aromatic rings. The summed E-state index contributed by atoms with van der Waals surface area (Å²) in [4.78, 5) is 4.77. The van der Waals surface area contributed by atoms with Crippen LogP contribution in [-0.4, -0.2) is 26.9 Å². The summed E-state index contributed by atoms with van der Waals surface area (Å²) in [5.74, 6) is 4.27. The summed E-state index contributed by atoms with van der Waals surface area (Å²) in [5.41, 5.74) is 2.33. The third kappa shape index (κ3) is 2.81. The van der Waals surface area contributed by atoms with E-state index in [1.807, 2.05) is 0 Å². The van der Waals surface area contributed by atoms with Gasteiger partial charge in [-0.15, -0.1) is 11.6 Å². The first-order chi connectivity index (χ1) is 9.29. The fourth-order valence-electron chi connectivity index (χ4n) is 2.73. The van der Waals surface area contributed by atoms with Gasteiger partial charge in [0.25, 0.3) is 0 Å². The van der Waals surface area contributed by atoms with Gasteiger partial charge in [-0.25, -0.2) is 4.98 Å². The van der Waals surface area contributed by atoms with Gasteiger partial charge in [-0.1, -0.05) is 15.9 Å². The summed E-state index contributed by atoms with van der Waals surface area (Å²) >= 11 is 11.6. The first-order valence-electron chi connectivity index (χ1n) is 6.59. The van der Waals surface area contributed by atoms with Crippen molar-refractivity contribution in [1.82, 2.24) is 9.55 Å². The molecule has 2 nitrogen and oxygen atoms in total. The molecule has 0 atom stereocenters. The molecule has 1 saturated heterocycles. The monoisotopic (exact) mass is 358 g/mol. The van der Waals surface area contributed by atoms with E-state index in [0.717, 1.165) is 22.2 Å². The van der Waals surface area contributed by atoms with Crippen molar-refractivity contribution >= 4 is 50.3 Å². The molecule has 19 heavy (non-hydrogen) atoms. The fraction of sp³-hybridized carbons (Fsp3) is 0.500. The van der Waals surface area contributed by atoms with Crippen molar-refractivity contribution < 1.29 is 0 Å². The lowest BCUT2D eigenvalue weighted by atomic mass is 10.1. The molecule has 5 heteroatoms. The SMILES string of the molecule is ClCCc1nc2ccc(Br)cc2n1C1CCSCC1. The number of hydrogen-bond donors (Lipinski definition) is 0. The van der Waals surface area contributed by atoms with Gasteiger partial charge in [0, 0.05) is 22.8 Å². The lowest BCUT2D eigenvalue weighted by Gasteiger charge is -2.25. The topological polar surface area (TPSA) is 17.8 Å². The number of halogens is 2. The van der Waals surface area contributed by atoms with E-state index in [2.05, 4.69) is 50.5 Å². The lowest BCUT2D eigenvalue weighted by molar-refractivity contribution is 0.466. The van der Waals surface area contributed by atoms with Crippen LogP contribution in [0.3, 0.4) is 0 Å². The van der Waals surface area contributed by atoms with Crippen LogP contribution in [0.1, 0.15) is 24.7 Å². The molecule has 0 unspecified atom stereocenters. The summed E-state index contributed by atoms with van der Waals surface area (Å²) in [7, 11) is 0. The molecule has 102 valence electrons. The number of imidazole rings is 1. The molecule has 2 heterocycles. The molecule has 0 spiro atoms. The van der Waals surface area contributed by atoms with Gasteiger partial charge in [0.2, 0.25) is 0 Å². The maximum atomic E-state index is 5.94. The van der Waals surface area contributed by atoms with Crippen molar-refractivity contribution in [3.05, 3.63) is 28.5 Å². The van der Waals surface area contributed by atoms with E-state index in [-0.39, 0.29) is 0 Å². The average molecular weight is 360 g/mol. The molecule has 1 aliphatic heterocycles. The maximum absolute atomic E-state index is 5.94. The number of rotatable bonds is 3. The van der Waals surface area contributed by atoms with Crippen LogP contribution in [0, 0.1) is 0 Å². The number of thioether (sulfide) groups is 1. The standard InChI is InChI=1S/C14H16BrClN2S/c15-10-1-2-12-13(9-10)18(14(17-12)3-6-16)11-4-7-19-8-5-11/h1-2,9,11H,3-8H2. The predicted molar refractivity (Wildman–Crippen MR) is 87.5 cm³/mol. The Balaban J connectivity index is 2.11. The summed E-state index contributed by atoms with van der Waals surface area (Å²) in [6, 6.07) is 6.91. The summed E-state index contributed by atoms with van der Waals surface area (Å²) in [6.45, 7) is 0. The summed E-state index contributed by atoms with van der Waals surface area (Å²) in [6.07, 6.45) is 3.31. The Morgan fingerprint density at radius 1 is 1.37 bits per heavy atom. The van der Waals surface area contributed by atoms with Gasteiger partial charge < -0.3 is 4.57 Å². The molecule has 0 bridgehead atoms. The molecule has 1 aromatic carbocycles. The number of nitrogens with zero attached hydrogens (tertiary/aromatic N) is 2. The Bertz CT molecular complexity index is 578. The summed E-state index contributed by atoms with van der Waals surface area (Å²) < 4.78 is 3.55. The molecule has 0 amide bonds. The quantitative estimate of drug-likeness (QED) is 0.742. The van der Waals surface area contributed by atoms with Gasteiger partial charge in [-0.3, -0.25) is 0 Å². The molecule has 1 aromatic heterocycles. The zero-order valence-electron chi connectivity index (χ0n) is 10.6. The molecule has 1 aliphatic rings. The molecule has 0 radical (unpaired) electrons. The molecule has 0 saturated carbocycles. The highest BCUT2D eigenvalue weighted by Gasteiger charge is 2.21. The van der Waals surface area contributed by atoms with Gasteiger partial charge >= 0.3 is 0 Å². The van der Waals surface area contributed by atoms with Gasteiger partial charge in [0.15, 0.2) is 0 Å². The van der Waals surface area contributed by atoms with Crippen LogP contribution in [0.5, 0.6) is 0 Å². The zero-order chi connectivity index (χ0) is 13.2. The normalized spacial score (nSPS) is 17.2. The van der Waals surface area contributed by atoms with Crippen LogP contribution in [0.4, 0.5) is 0 Å². The van der Waals surface area contributed by atoms with Crippen LogP contribution in [-0.2, 0) is 6.42 Å². The number of benzene rings is 1. The fourth-order valence-corrected chi connectivity index (χ4v) is 4.33. The van der Waals surface area contributed by atoms with Crippen molar-refractivity contribution in [1.29, 1.82) is 0 Å². The highest BCUT2D eigenvalue weighted by atomic mass is 79.9. The Hall–Kier alpha value is -0.190. The minimum Gasteiger partial charge on any atom is -0.325 e. The smallest absolute Gasteiger partial charge is 0.111 e.